The van der Waals surface area contributed by atoms with E-state index in [1.165, 1.54) is 43.9 Å². The number of alkyl halides is 2. The van der Waals surface area contributed by atoms with Gasteiger partial charge >= 0.3 is 6.61 Å². The molecule has 0 radical (unpaired) electrons. The van der Waals surface area contributed by atoms with Gasteiger partial charge in [0.2, 0.25) is 0 Å². The average Bonchev–Trinajstić information content (AvgIpc) is 3.24. The van der Waals surface area contributed by atoms with Crippen molar-refractivity contribution in [3.05, 3.63) is 64.9 Å². The first kappa shape index (κ1) is 24.5. The van der Waals surface area contributed by atoms with Crippen LogP contribution in [-0.4, -0.2) is 54.6 Å². The van der Waals surface area contributed by atoms with Gasteiger partial charge in [0.15, 0.2) is 11.5 Å². The molecule has 36 heavy (non-hydrogen) atoms. The lowest BCUT2D eigenvalue weighted by molar-refractivity contribution is -0.0512. The Balaban J connectivity index is 1.47. The van der Waals surface area contributed by atoms with E-state index in [0.29, 0.717) is 18.5 Å². The lowest BCUT2D eigenvalue weighted by atomic mass is 9.85. The zero-order chi connectivity index (χ0) is 25.4. The Kier molecular flexibility index (Phi) is 6.81. The van der Waals surface area contributed by atoms with Crippen LogP contribution in [0.2, 0.25) is 0 Å². The van der Waals surface area contributed by atoms with Crippen LogP contribution in [0.1, 0.15) is 48.0 Å². The summed E-state index contributed by atoms with van der Waals surface area (Å²) in [5.41, 5.74) is 1.38. The van der Waals surface area contributed by atoms with Crippen LogP contribution >= 0.6 is 0 Å². The molecular formula is C27H28F4N2O3. The normalized spacial score (nSPS) is 24.6. The SMILES string of the molecule is COc1cc(C(=O)N2C/C(=C/c3ccc(F)cc3F)N3[C@@H](C[C@@H]4CCCC[C@@H]43)C2)ccc1OC(F)F. The molecule has 3 fully saturated rings. The molecule has 9 heteroatoms. The number of methoxy groups -OCH3 is 1. The fourth-order valence-electron chi connectivity index (χ4n) is 6.02. The summed E-state index contributed by atoms with van der Waals surface area (Å²) in [6, 6.07) is 8.06. The molecule has 5 nitrogen and oxygen atoms in total. The number of fused-ring (bicyclic) bond motifs is 3. The smallest absolute Gasteiger partial charge is 0.387 e. The first-order chi connectivity index (χ1) is 17.3. The standard InChI is InChI=1S/C27H28F4N2O3/c1-35-25-12-18(7-9-24(25)36-27(30)31)26(34)32-14-20(10-16-6-8-19(28)13-22(16)29)33-21(15-32)11-17-4-2-3-5-23(17)33/h6-10,12-13,17,21,23,27H,2-5,11,14-15H2,1H3/b20-10-/t17-,21-,23-/m0/s1. The van der Waals surface area contributed by atoms with Gasteiger partial charge < -0.3 is 19.3 Å². The maximum atomic E-state index is 14.6. The number of ether oxygens (including phenoxy) is 2. The first-order valence-electron chi connectivity index (χ1n) is 12.2. The second kappa shape index (κ2) is 10.0. The third kappa shape index (κ3) is 4.75. The zero-order valence-corrected chi connectivity index (χ0v) is 19.9. The largest absolute Gasteiger partial charge is 0.493 e. The van der Waals surface area contributed by atoms with E-state index < -0.39 is 18.2 Å². The summed E-state index contributed by atoms with van der Waals surface area (Å²) >= 11 is 0. The van der Waals surface area contributed by atoms with Crippen LogP contribution < -0.4 is 9.47 Å². The van der Waals surface area contributed by atoms with Crippen molar-refractivity contribution < 1.29 is 31.8 Å². The highest BCUT2D eigenvalue weighted by molar-refractivity contribution is 5.95. The summed E-state index contributed by atoms with van der Waals surface area (Å²) in [5, 5.41) is 0. The maximum Gasteiger partial charge on any atom is 0.387 e. The van der Waals surface area contributed by atoms with E-state index in [0.717, 1.165) is 37.4 Å². The van der Waals surface area contributed by atoms with E-state index in [1.807, 2.05) is 0 Å². The van der Waals surface area contributed by atoms with Gasteiger partial charge in [0, 0.05) is 41.5 Å². The number of hydrogen-bond donors (Lipinski definition) is 0. The molecule has 1 aliphatic carbocycles. The van der Waals surface area contributed by atoms with Crippen molar-refractivity contribution >= 4 is 12.0 Å². The predicted octanol–water partition coefficient (Wildman–Crippen LogP) is 5.70. The molecule has 0 unspecified atom stereocenters. The number of carbonyl (C=O) groups is 1. The second-order valence-electron chi connectivity index (χ2n) is 9.64. The van der Waals surface area contributed by atoms with Crippen LogP contribution in [0.25, 0.3) is 6.08 Å². The molecule has 0 bridgehead atoms. The Hall–Kier alpha value is -3.23. The van der Waals surface area contributed by atoms with Gasteiger partial charge in [-0.2, -0.15) is 8.78 Å². The molecule has 2 saturated heterocycles. The molecular weight excluding hydrogens is 476 g/mol. The molecule has 2 aromatic rings. The van der Waals surface area contributed by atoms with Crippen LogP contribution in [0.15, 0.2) is 42.1 Å². The summed E-state index contributed by atoms with van der Waals surface area (Å²) < 4.78 is 63.1. The van der Waals surface area contributed by atoms with Crippen molar-refractivity contribution in [1.29, 1.82) is 0 Å². The summed E-state index contributed by atoms with van der Waals surface area (Å²) in [5.74, 6) is -1.17. The highest BCUT2D eigenvalue weighted by Crippen LogP contribution is 2.44. The van der Waals surface area contributed by atoms with Gasteiger partial charge in [-0.15, -0.1) is 0 Å². The topological polar surface area (TPSA) is 42.0 Å². The second-order valence-corrected chi connectivity index (χ2v) is 9.64. The molecule has 1 amide bonds. The van der Waals surface area contributed by atoms with Crippen molar-refractivity contribution in [2.45, 2.75) is 50.8 Å². The van der Waals surface area contributed by atoms with Crippen molar-refractivity contribution in [3.8, 4) is 11.5 Å². The van der Waals surface area contributed by atoms with Crippen molar-refractivity contribution in [3.63, 3.8) is 0 Å². The van der Waals surface area contributed by atoms with E-state index >= 15 is 0 Å². The molecule has 2 heterocycles. The van der Waals surface area contributed by atoms with E-state index in [4.69, 9.17) is 4.74 Å². The van der Waals surface area contributed by atoms with Crippen LogP contribution in [0.5, 0.6) is 11.5 Å². The van der Waals surface area contributed by atoms with Gasteiger partial charge in [0.25, 0.3) is 5.91 Å². The number of carbonyl (C=O) groups excluding carboxylic acids is 1. The number of amides is 1. The minimum Gasteiger partial charge on any atom is -0.493 e. The highest BCUT2D eigenvalue weighted by Gasteiger charge is 2.46. The van der Waals surface area contributed by atoms with Gasteiger partial charge in [0.05, 0.1) is 13.7 Å². The van der Waals surface area contributed by atoms with Gasteiger partial charge in [-0.1, -0.05) is 12.8 Å². The van der Waals surface area contributed by atoms with E-state index in [9.17, 15) is 22.4 Å². The number of benzene rings is 2. The van der Waals surface area contributed by atoms with Gasteiger partial charge in [0.1, 0.15) is 11.6 Å². The Morgan fingerprint density at radius 1 is 1.08 bits per heavy atom. The van der Waals surface area contributed by atoms with Crippen molar-refractivity contribution in [2.24, 2.45) is 5.92 Å². The lowest BCUT2D eigenvalue weighted by Gasteiger charge is -2.44. The maximum absolute atomic E-state index is 14.6. The molecule has 5 rings (SSSR count). The molecule has 0 N–H and O–H groups in total. The minimum absolute atomic E-state index is 0.0378. The fraction of sp³-hybridized carbons (Fsp3) is 0.444. The zero-order valence-electron chi connectivity index (χ0n) is 19.9. The Bertz CT molecular complexity index is 1170. The molecule has 3 aliphatic rings. The average molecular weight is 505 g/mol. The van der Waals surface area contributed by atoms with Crippen LogP contribution in [0.3, 0.4) is 0 Å². The fourth-order valence-corrected chi connectivity index (χ4v) is 6.02. The third-order valence-electron chi connectivity index (χ3n) is 7.51. The molecule has 2 aromatic carbocycles. The van der Waals surface area contributed by atoms with E-state index in [2.05, 4.69) is 9.64 Å². The monoisotopic (exact) mass is 504 g/mol. The first-order valence-corrected chi connectivity index (χ1v) is 12.2. The molecule has 0 aromatic heterocycles. The Morgan fingerprint density at radius 3 is 2.64 bits per heavy atom. The third-order valence-corrected chi connectivity index (χ3v) is 7.51. The highest BCUT2D eigenvalue weighted by atomic mass is 19.3. The van der Waals surface area contributed by atoms with E-state index in [1.54, 1.807) is 11.0 Å². The van der Waals surface area contributed by atoms with Crippen LogP contribution in [0.4, 0.5) is 17.6 Å². The van der Waals surface area contributed by atoms with Crippen LogP contribution in [-0.2, 0) is 0 Å². The van der Waals surface area contributed by atoms with Crippen molar-refractivity contribution in [1.82, 2.24) is 9.80 Å². The Labute approximate surface area is 207 Å². The molecule has 1 saturated carbocycles. The number of halogens is 4. The van der Waals surface area contributed by atoms with Gasteiger partial charge in [-0.3, -0.25) is 4.79 Å². The van der Waals surface area contributed by atoms with Crippen molar-refractivity contribution in [2.75, 3.05) is 20.2 Å². The Morgan fingerprint density at radius 2 is 1.89 bits per heavy atom. The van der Waals surface area contributed by atoms with Gasteiger partial charge in [-0.05, 0) is 61.6 Å². The summed E-state index contributed by atoms with van der Waals surface area (Å²) in [6.45, 7) is -2.25. The molecule has 3 atom stereocenters. The summed E-state index contributed by atoms with van der Waals surface area (Å²) in [7, 11) is 1.32. The number of nitrogens with zero attached hydrogens (tertiary/aromatic N) is 2. The lowest BCUT2D eigenvalue weighted by Crippen LogP contribution is -2.53. The quantitative estimate of drug-likeness (QED) is 0.490. The predicted molar refractivity (Wildman–Crippen MR) is 126 cm³/mol. The van der Waals surface area contributed by atoms with Gasteiger partial charge in [-0.25, -0.2) is 8.78 Å². The summed E-state index contributed by atoms with van der Waals surface area (Å²) in [4.78, 5) is 17.6. The number of rotatable bonds is 5. The minimum atomic E-state index is -3.01. The van der Waals surface area contributed by atoms with Crippen LogP contribution in [0, 0.1) is 17.6 Å². The molecule has 192 valence electrons. The summed E-state index contributed by atoms with van der Waals surface area (Å²) in [6.07, 6.45) is 7.18. The van der Waals surface area contributed by atoms with E-state index in [-0.39, 0.29) is 41.1 Å². The molecule has 2 aliphatic heterocycles. The molecule has 0 spiro atoms. The number of piperazine rings is 1. The number of hydrogen-bond acceptors (Lipinski definition) is 4.